The highest BCUT2D eigenvalue weighted by Crippen LogP contribution is 2.42. The fraction of sp³-hybridized carbons (Fsp3) is 0.381. The van der Waals surface area contributed by atoms with Crippen LogP contribution in [0.3, 0.4) is 0 Å². The number of carbonyl (C=O) groups is 1. The molecule has 28 heavy (non-hydrogen) atoms. The molecule has 0 bridgehead atoms. The van der Waals surface area contributed by atoms with E-state index in [0.717, 1.165) is 34.0 Å². The minimum absolute atomic E-state index is 0.0141. The van der Waals surface area contributed by atoms with Gasteiger partial charge in [0.05, 0.1) is 19.3 Å². The second-order valence-corrected chi connectivity index (χ2v) is 7.51. The van der Waals surface area contributed by atoms with Gasteiger partial charge in [-0.15, -0.1) is 0 Å². The number of aromatic nitrogens is 4. The summed E-state index contributed by atoms with van der Waals surface area (Å²) in [4.78, 5) is 12.4. The van der Waals surface area contributed by atoms with Gasteiger partial charge in [-0.25, -0.2) is 0 Å². The number of amides is 1. The Morgan fingerprint density at radius 3 is 2.86 bits per heavy atom. The van der Waals surface area contributed by atoms with E-state index in [1.54, 1.807) is 18.0 Å². The molecular formula is C21H25N5O2. The van der Waals surface area contributed by atoms with Crippen LogP contribution in [0.1, 0.15) is 54.5 Å². The van der Waals surface area contributed by atoms with Gasteiger partial charge >= 0.3 is 0 Å². The summed E-state index contributed by atoms with van der Waals surface area (Å²) in [6, 6.07) is 8.06. The SMILES string of the molecule is COc1ccc(C2CC(=O)Nc3c2c(C(C)C)nn3C)cc1Cn1cccn1. The Kier molecular flexibility index (Phi) is 4.66. The summed E-state index contributed by atoms with van der Waals surface area (Å²) in [6.07, 6.45) is 4.10. The number of methoxy groups -OCH3 is 1. The van der Waals surface area contributed by atoms with Crippen molar-refractivity contribution in [3.05, 3.63) is 59.0 Å². The summed E-state index contributed by atoms with van der Waals surface area (Å²) in [5, 5.41) is 12.0. The lowest BCUT2D eigenvalue weighted by atomic mass is 9.83. The van der Waals surface area contributed by atoms with Crippen LogP contribution in [0.5, 0.6) is 5.75 Å². The van der Waals surface area contributed by atoms with Crippen LogP contribution in [0.25, 0.3) is 0 Å². The van der Waals surface area contributed by atoms with Crippen molar-refractivity contribution in [2.45, 2.75) is 38.6 Å². The van der Waals surface area contributed by atoms with Crippen molar-refractivity contribution in [3.8, 4) is 5.75 Å². The van der Waals surface area contributed by atoms with E-state index in [1.807, 2.05) is 30.1 Å². The maximum Gasteiger partial charge on any atom is 0.226 e. The molecule has 7 heteroatoms. The first kappa shape index (κ1) is 18.3. The molecule has 0 saturated heterocycles. The van der Waals surface area contributed by atoms with Gasteiger partial charge in [-0.1, -0.05) is 19.9 Å². The summed E-state index contributed by atoms with van der Waals surface area (Å²) in [5.74, 6) is 1.87. The number of anilines is 1. The third kappa shape index (κ3) is 3.17. The van der Waals surface area contributed by atoms with Gasteiger partial charge in [-0.3, -0.25) is 14.2 Å². The smallest absolute Gasteiger partial charge is 0.226 e. The molecule has 1 amide bonds. The number of hydrogen-bond acceptors (Lipinski definition) is 4. The van der Waals surface area contributed by atoms with E-state index in [4.69, 9.17) is 4.74 Å². The van der Waals surface area contributed by atoms with E-state index in [1.165, 1.54) is 0 Å². The molecule has 4 rings (SSSR count). The lowest BCUT2D eigenvalue weighted by molar-refractivity contribution is -0.116. The van der Waals surface area contributed by atoms with E-state index >= 15 is 0 Å². The Morgan fingerprint density at radius 1 is 1.36 bits per heavy atom. The van der Waals surface area contributed by atoms with E-state index in [2.05, 4.69) is 41.5 Å². The van der Waals surface area contributed by atoms with Crippen molar-refractivity contribution in [2.75, 3.05) is 12.4 Å². The van der Waals surface area contributed by atoms with Crippen LogP contribution in [0.2, 0.25) is 0 Å². The molecule has 7 nitrogen and oxygen atoms in total. The summed E-state index contributed by atoms with van der Waals surface area (Å²) >= 11 is 0. The highest BCUT2D eigenvalue weighted by atomic mass is 16.5. The molecule has 1 atom stereocenters. The maximum atomic E-state index is 12.4. The van der Waals surface area contributed by atoms with Crippen molar-refractivity contribution in [1.29, 1.82) is 0 Å². The van der Waals surface area contributed by atoms with Crippen LogP contribution in [0.15, 0.2) is 36.7 Å². The molecule has 3 aromatic rings. The summed E-state index contributed by atoms with van der Waals surface area (Å²) in [7, 11) is 3.55. The maximum absolute atomic E-state index is 12.4. The molecule has 0 saturated carbocycles. The van der Waals surface area contributed by atoms with Gasteiger partial charge in [0, 0.05) is 42.9 Å². The van der Waals surface area contributed by atoms with Crippen molar-refractivity contribution < 1.29 is 9.53 Å². The Hall–Kier alpha value is -3.09. The van der Waals surface area contributed by atoms with Gasteiger partial charge in [0.25, 0.3) is 0 Å². The zero-order valence-corrected chi connectivity index (χ0v) is 16.6. The van der Waals surface area contributed by atoms with Crippen molar-refractivity contribution in [3.63, 3.8) is 0 Å². The molecule has 1 N–H and O–H groups in total. The van der Waals surface area contributed by atoms with Crippen LogP contribution in [-0.2, 0) is 18.4 Å². The Labute approximate surface area is 164 Å². The van der Waals surface area contributed by atoms with Gasteiger partial charge in [-0.2, -0.15) is 10.2 Å². The highest BCUT2D eigenvalue weighted by molar-refractivity contribution is 5.94. The number of nitrogens with zero attached hydrogens (tertiary/aromatic N) is 4. The van der Waals surface area contributed by atoms with E-state index < -0.39 is 0 Å². The molecule has 3 heterocycles. The third-order valence-electron chi connectivity index (χ3n) is 5.25. The Bertz CT molecular complexity index is 1000. The molecule has 1 aliphatic rings. The summed E-state index contributed by atoms with van der Waals surface area (Å²) in [5.41, 5.74) is 4.28. The monoisotopic (exact) mass is 379 g/mol. The van der Waals surface area contributed by atoms with E-state index in [9.17, 15) is 4.79 Å². The molecule has 1 aliphatic heterocycles. The lowest BCUT2D eigenvalue weighted by Crippen LogP contribution is -2.25. The number of fused-ring (bicyclic) bond motifs is 1. The fourth-order valence-corrected chi connectivity index (χ4v) is 3.94. The first-order valence-electron chi connectivity index (χ1n) is 9.48. The molecule has 0 fully saturated rings. The number of ether oxygens (including phenoxy) is 1. The summed E-state index contributed by atoms with van der Waals surface area (Å²) in [6.45, 7) is 4.88. The Balaban J connectivity index is 1.80. The normalized spacial score (nSPS) is 16.2. The molecule has 0 radical (unpaired) electrons. The largest absolute Gasteiger partial charge is 0.496 e. The van der Waals surface area contributed by atoms with Crippen LogP contribution in [0, 0.1) is 0 Å². The van der Waals surface area contributed by atoms with E-state index in [0.29, 0.717) is 13.0 Å². The minimum atomic E-state index is -0.0304. The van der Waals surface area contributed by atoms with Gasteiger partial charge in [0.1, 0.15) is 11.6 Å². The number of rotatable bonds is 5. The van der Waals surface area contributed by atoms with Crippen LogP contribution >= 0.6 is 0 Å². The second-order valence-electron chi connectivity index (χ2n) is 7.51. The zero-order chi connectivity index (χ0) is 19.8. The number of carbonyl (C=O) groups excluding carboxylic acids is 1. The molecule has 146 valence electrons. The van der Waals surface area contributed by atoms with Crippen LogP contribution in [-0.4, -0.2) is 32.6 Å². The third-order valence-corrected chi connectivity index (χ3v) is 5.25. The number of benzene rings is 1. The zero-order valence-electron chi connectivity index (χ0n) is 16.6. The van der Waals surface area contributed by atoms with Crippen LogP contribution < -0.4 is 10.1 Å². The van der Waals surface area contributed by atoms with Gasteiger partial charge in [0.15, 0.2) is 0 Å². The summed E-state index contributed by atoms with van der Waals surface area (Å²) < 4.78 is 9.20. The standard InChI is InChI=1S/C21H25N5O2/c1-13(2)20-19-16(11-18(27)23-21(19)25(3)24-20)14-6-7-17(28-4)15(10-14)12-26-9-5-8-22-26/h5-10,13,16H,11-12H2,1-4H3,(H,23,27). The van der Waals surface area contributed by atoms with Gasteiger partial charge in [-0.05, 0) is 29.7 Å². The first-order valence-corrected chi connectivity index (χ1v) is 9.48. The molecule has 1 aromatic carbocycles. The average Bonchev–Trinajstić information content (AvgIpc) is 3.29. The van der Waals surface area contributed by atoms with Crippen LogP contribution in [0.4, 0.5) is 5.82 Å². The van der Waals surface area contributed by atoms with Gasteiger partial charge < -0.3 is 10.1 Å². The molecule has 0 aliphatic carbocycles. The first-order chi connectivity index (χ1) is 13.5. The predicted octanol–water partition coefficient (Wildman–Crippen LogP) is 3.27. The number of nitrogens with one attached hydrogen (secondary N) is 1. The van der Waals surface area contributed by atoms with Crippen molar-refractivity contribution in [1.82, 2.24) is 19.6 Å². The van der Waals surface area contributed by atoms with E-state index in [-0.39, 0.29) is 17.7 Å². The number of aryl methyl sites for hydroxylation is 1. The second kappa shape index (κ2) is 7.14. The average molecular weight is 379 g/mol. The van der Waals surface area contributed by atoms with Crippen molar-refractivity contribution in [2.24, 2.45) is 7.05 Å². The predicted molar refractivity (Wildman–Crippen MR) is 107 cm³/mol. The molecule has 2 aromatic heterocycles. The molecule has 0 spiro atoms. The minimum Gasteiger partial charge on any atom is -0.496 e. The molecule has 1 unspecified atom stereocenters. The lowest BCUT2D eigenvalue weighted by Gasteiger charge is -2.25. The quantitative estimate of drug-likeness (QED) is 0.738. The fourth-order valence-electron chi connectivity index (χ4n) is 3.94. The highest BCUT2D eigenvalue weighted by Gasteiger charge is 2.33. The molecular weight excluding hydrogens is 354 g/mol. The van der Waals surface area contributed by atoms with Crippen molar-refractivity contribution >= 4 is 11.7 Å². The number of hydrogen-bond donors (Lipinski definition) is 1. The van der Waals surface area contributed by atoms with Gasteiger partial charge in [0.2, 0.25) is 5.91 Å². The topological polar surface area (TPSA) is 74.0 Å². The Morgan fingerprint density at radius 2 is 2.18 bits per heavy atom.